The molecule has 0 radical (unpaired) electrons. The first kappa shape index (κ1) is 14.6. The Hall–Kier alpha value is -2.44. The fourth-order valence-electron chi connectivity index (χ4n) is 1.61. The molecule has 0 aliphatic carbocycles. The zero-order valence-electron chi connectivity index (χ0n) is 10.8. The molecule has 7 nitrogen and oxygen atoms in total. The third kappa shape index (κ3) is 3.27. The molecule has 1 rings (SSSR count). The van der Waals surface area contributed by atoms with Crippen LogP contribution in [0, 0.1) is 17.0 Å². The molecule has 0 aliphatic rings. The van der Waals surface area contributed by atoms with E-state index in [4.69, 9.17) is 4.74 Å². The summed E-state index contributed by atoms with van der Waals surface area (Å²) in [4.78, 5) is 32.8. The summed E-state index contributed by atoms with van der Waals surface area (Å²) in [6, 6.07) is 2.69. The maximum atomic E-state index is 11.5. The average Bonchev–Trinajstić information content (AvgIpc) is 2.38. The van der Waals surface area contributed by atoms with Crippen LogP contribution >= 0.6 is 0 Å². The predicted octanol–water partition coefficient (Wildman–Crippen LogP) is 1.20. The molecule has 0 saturated heterocycles. The summed E-state index contributed by atoms with van der Waals surface area (Å²) < 4.78 is 9.31. The van der Waals surface area contributed by atoms with Gasteiger partial charge in [0.25, 0.3) is 5.69 Å². The number of Topliss-reactive ketones (excluding diaryl/α,β-unsaturated/α-hetero) is 1. The molecule has 0 aromatic heterocycles. The van der Waals surface area contributed by atoms with Gasteiger partial charge >= 0.3 is 5.97 Å². The van der Waals surface area contributed by atoms with Gasteiger partial charge in [0, 0.05) is 18.1 Å². The van der Waals surface area contributed by atoms with Crippen LogP contribution in [-0.4, -0.2) is 30.9 Å². The first-order valence-corrected chi connectivity index (χ1v) is 5.33. The fraction of sp³-hybridized carbons (Fsp3) is 0.333. The Morgan fingerprint density at radius 1 is 1.32 bits per heavy atom. The van der Waals surface area contributed by atoms with Crippen molar-refractivity contribution in [2.24, 2.45) is 0 Å². The van der Waals surface area contributed by atoms with E-state index in [1.165, 1.54) is 19.2 Å². The Morgan fingerprint density at radius 2 is 1.95 bits per heavy atom. The molecule has 0 N–H and O–H groups in total. The van der Waals surface area contributed by atoms with Crippen molar-refractivity contribution in [2.75, 3.05) is 14.2 Å². The zero-order valence-corrected chi connectivity index (χ0v) is 10.8. The lowest BCUT2D eigenvalue weighted by molar-refractivity contribution is -0.385. The molecule has 0 bridgehead atoms. The van der Waals surface area contributed by atoms with Crippen molar-refractivity contribution >= 4 is 17.4 Å². The van der Waals surface area contributed by atoms with E-state index in [0.717, 1.165) is 7.11 Å². The summed E-state index contributed by atoms with van der Waals surface area (Å²) in [7, 11) is 2.49. The van der Waals surface area contributed by atoms with Crippen LogP contribution in [0.5, 0.6) is 5.75 Å². The Labute approximate surface area is 109 Å². The van der Waals surface area contributed by atoms with Crippen molar-refractivity contribution in [3.63, 3.8) is 0 Å². The smallest absolute Gasteiger partial charge is 0.374 e. The van der Waals surface area contributed by atoms with Gasteiger partial charge in [-0.05, 0) is 18.6 Å². The van der Waals surface area contributed by atoms with E-state index in [0.29, 0.717) is 11.3 Å². The fourth-order valence-corrected chi connectivity index (χ4v) is 1.61. The molecule has 7 heteroatoms. The molecular weight excluding hydrogens is 254 g/mol. The van der Waals surface area contributed by atoms with E-state index >= 15 is 0 Å². The minimum atomic E-state index is -1.03. The predicted molar refractivity (Wildman–Crippen MR) is 65.1 cm³/mol. The summed E-state index contributed by atoms with van der Waals surface area (Å²) in [6.07, 6.45) is -0.403. The van der Waals surface area contributed by atoms with Gasteiger partial charge in [0.05, 0.1) is 19.1 Å². The topological polar surface area (TPSA) is 95.7 Å². The quantitative estimate of drug-likeness (QED) is 0.344. The van der Waals surface area contributed by atoms with Crippen LogP contribution in [0.4, 0.5) is 5.69 Å². The number of ketones is 1. The van der Waals surface area contributed by atoms with Crippen molar-refractivity contribution in [2.45, 2.75) is 13.3 Å². The van der Waals surface area contributed by atoms with Gasteiger partial charge in [-0.2, -0.15) is 0 Å². The van der Waals surface area contributed by atoms with Crippen molar-refractivity contribution in [3.05, 3.63) is 33.4 Å². The maximum Gasteiger partial charge on any atom is 0.374 e. The summed E-state index contributed by atoms with van der Waals surface area (Å²) in [5, 5.41) is 10.9. The zero-order chi connectivity index (χ0) is 14.6. The van der Waals surface area contributed by atoms with Crippen molar-refractivity contribution in [1.29, 1.82) is 0 Å². The molecule has 0 spiro atoms. The second kappa shape index (κ2) is 5.94. The third-order valence-corrected chi connectivity index (χ3v) is 2.56. The highest BCUT2D eigenvalue weighted by atomic mass is 16.6. The number of aryl methyl sites for hydroxylation is 1. The highest BCUT2D eigenvalue weighted by molar-refractivity contribution is 6.34. The molecule has 19 heavy (non-hydrogen) atoms. The van der Waals surface area contributed by atoms with E-state index in [1.807, 2.05) is 0 Å². The largest absolute Gasteiger partial charge is 0.496 e. The number of rotatable bonds is 5. The van der Waals surface area contributed by atoms with Crippen molar-refractivity contribution in [1.82, 2.24) is 0 Å². The SMILES string of the molecule is COC(=O)C(=O)Cc1cc(OC)c(C)cc1[N+](=O)[O-]. The molecule has 1 aromatic carbocycles. The highest BCUT2D eigenvalue weighted by Crippen LogP contribution is 2.28. The Balaban J connectivity index is 3.20. The molecule has 0 saturated carbocycles. The highest BCUT2D eigenvalue weighted by Gasteiger charge is 2.23. The lowest BCUT2D eigenvalue weighted by Crippen LogP contribution is -2.18. The maximum absolute atomic E-state index is 11.5. The van der Waals surface area contributed by atoms with E-state index in [-0.39, 0.29) is 11.3 Å². The van der Waals surface area contributed by atoms with E-state index in [1.54, 1.807) is 6.92 Å². The van der Waals surface area contributed by atoms with Gasteiger partial charge in [0.1, 0.15) is 5.75 Å². The van der Waals surface area contributed by atoms with Crippen LogP contribution < -0.4 is 4.74 Å². The van der Waals surface area contributed by atoms with Crippen LogP contribution in [0.3, 0.4) is 0 Å². The van der Waals surface area contributed by atoms with Gasteiger partial charge in [0.2, 0.25) is 5.78 Å². The summed E-state index contributed by atoms with van der Waals surface area (Å²) in [6.45, 7) is 1.65. The number of carbonyl (C=O) groups is 2. The summed E-state index contributed by atoms with van der Waals surface area (Å²) in [5.41, 5.74) is 0.460. The van der Waals surface area contributed by atoms with Crippen LogP contribution in [0.15, 0.2) is 12.1 Å². The number of nitro benzene ring substituents is 1. The Bertz CT molecular complexity index is 537. The molecule has 0 amide bonds. The van der Waals surface area contributed by atoms with Crippen molar-refractivity contribution in [3.8, 4) is 5.75 Å². The number of hydrogen-bond acceptors (Lipinski definition) is 6. The average molecular weight is 267 g/mol. The monoisotopic (exact) mass is 267 g/mol. The van der Waals surface area contributed by atoms with Crippen LogP contribution in [0.2, 0.25) is 0 Å². The lowest BCUT2D eigenvalue weighted by atomic mass is 10.0. The van der Waals surface area contributed by atoms with Crippen LogP contribution in [0.1, 0.15) is 11.1 Å². The lowest BCUT2D eigenvalue weighted by Gasteiger charge is -2.08. The normalized spacial score (nSPS) is 9.84. The first-order chi connectivity index (χ1) is 8.90. The number of hydrogen-bond donors (Lipinski definition) is 0. The molecular formula is C12H13NO6. The van der Waals surface area contributed by atoms with Gasteiger partial charge in [-0.3, -0.25) is 14.9 Å². The third-order valence-electron chi connectivity index (χ3n) is 2.56. The van der Waals surface area contributed by atoms with Gasteiger partial charge in [-0.1, -0.05) is 0 Å². The second-order valence-corrected chi connectivity index (χ2v) is 3.80. The molecule has 0 fully saturated rings. The number of esters is 1. The Kier molecular flexibility index (Phi) is 4.57. The standard InChI is InChI=1S/C12H13NO6/c1-7-4-9(13(16)17)8(6-11(7)18-2)5-10(14)12(15)19-3/h4,6H,5H2,1-3H3. The minimum absolute atomic E-state index is 0.114. The van der Waals surface area contributed by atoms with Crippen molar-refractivity contribution < 1.29 is 24.0 Å². The first-order valence-electron chi connectivity index (χ1n) is 5.33. The van der Waals surface area contributed by atoms with Crippen LogP contribution in [0.25, 0.3) is 0 Å². The van der Waals surface area contributed by atoms with Gasteiger partial charge in [-0.15, -0.1) is 0 Å². The molecule has 0 heterocycles. The number of nitrogens with zero attached hydrogens (tertiary/aromatic N) is 1. The van der Waals surface area contributed by atoms with E-state index < -0.39 is 23.1 Å². The second-order valence-electron chi connectivity index (χ2n) is 3.80. The van der Waals surface area contributed by atoms with E-state index in [9.17, 15) is 19.7 Å². The van der Waals surface area contributed by atoms with Gasteiger partial charge in [0.15, 0.2) is 0 Å². The molecule has 0 unspecified atom stereocenters. The number of ether oxygens (including phenoxy) is 2. The molecule has 1 aromatic rings. The molecule has 0 aliphatic heterocycles. The molecule has 0 atom stereocenters. The number of nitro groups is 1. The van der Waals surface area contributed by atoms with E-state index in [2.05, 4.69) is 4.74 Å². The number of methoxy groups -OCH3 is 2. The molecule has 102 valence electrons. The number of benzene rings is 1. The Morgan fingerprint density at radius 3 is 2.42 bits per heavy atom. The minimum Gasteiger partial charge on any atom is -0.496 e. The summed E-state index contributed by atoms with van der Waals surface area (Å²) >= 11 is 0. The van der Waals surface area contributed by atoms with Crippen LogP contribution in [-0.2, 0) is 20.7 Å². The number of carbonyl (C=O) groups excluding carboxylic acids is 2. The van der Waals surface area contributed by atoms with Gasteiger partial charge < -0.3 is 9.47 Å². The summed E-state index contributed by atoms with van der Waals surface area (Å²) in [5.74, 6) is -1.47. The van der Waals surface area contributed by atoms with Gasteiger partial charge in [-0.25, -0.2) is 4.79 Å².